The SMILES string of the molecule is CCCOc1ccc(CNc2nc3c(S(=O)(=O)c4ccccc4)nnn3c3ccccc23)cc1. The normalized spacial score (nSPS) is 11.7. The third-order valence-electron chi connectivity index (χ3n) is 5.39. The third-order valence-corrected chi connectivity index (χ3v) is 7.05. The van der Waals surface area contributed by atoms with Crippen LogP contribution in [0, 0.1) is 0 Å². The number of rotatable bonds is 8. The Hall–Kier alpha value is -3.98. The number of sulfone groups is 1. The van der Waals surface area contributed by atoms with Crippen molar-refractivity contribution in [3.8, 4) is 5.75 Å². The first kappa shape index (κ1) is 21.8. The van der Waals surface area contributed by atoms with Crippen molar-refractivity contribution in [2.24, 2.45) is 0 Å². The molecule has 9 heteroatoms. The number of nitrogens with one attached hydrogen (secondary N) is 1. The van der Waals surface area contributed by atoms with Crippen molar-refractivity contribution in [2.45, 2.75) is 29.8 Å². The summed E-state index contributed by atoms with van der Waals surface area (Å²) in [4.78, 5) is 4.80. The van der Waals surface area contributed by atoms with Crippen molar-refractivity contribution in [1.29, 1.82) is 0 Å². The van der Waals surface area contributed by atoms with E-state index in [1.165, 1.54) is 16.6 Å². The van der Waals surface area contributed by atoms with Crippen molar-refractivity contribution in [2.75, 3.05) is 11.9 Å². The van der Waals surface area contributed by atoms with Gasteiger partial charge < -0.3 is 10.1 Å². The smallest absolute Gasteiger partial charge is 0.229 e. The maximum atomic E-state index is 13.3. The molecule has 0 unspecified atom stereocenters. The van der Waals surface area contributed by atoms with Crippen molar-refractivity contribution in [3.05, 3.63) is 84.4 Å². The summed E-state index contributed by atoms with van der Waals surface area (Å²) in [6.45, 7) is 3.25. The van der Waals surface area contributed by atoms with Gasteiger partial charge in [-0.25, -0.2) is 13.4 Å². The van der Waals surface area contributed by atoms with E-state index < -0.39 is 9.84 Å². The lowest BCUT2D eigenvalue weighted by Gasteiger charge is -2.11. The van der Waals surface area contributed by atoms with Gasteiger partial charge in [0.15, 0.2) is 5.65 Å². The molecule has 2 aromatic heterocycles. The number of hydrogen-bond donors (Lipinski definition) is 1. The van der Waals surface area contributed by atoms with E-state index in [1.807, 2.05) is 48.5 Å². The zero-order valence-electron chi connectivity index (χ0n) is 18.5. The van der Waals surface area contributed by atoms with E-state index in [0.717, 1.165) is 23.1 Å². The number of ether oxygens (including phenoxy) is 1. The van der Waals surface area contributed by atoms with Gasteiger partial charge in [-0.15, -0.1) is 5.10 Å². The molecule has 0 fully saturated rings. The molecule has 0 spiro atoms. The Labute approximate surface area is 197 Å². The minimum Gasteiger partial charge on any atom is -0.494 e. The molecular weight excluding hydrogens is 450 g/mol. The standard InChI is InChI=1S/C25H23N5O3S/c1-2-16-33-19-14-12-18(13-15-19)17-26-23-21-10-6-7-11-22(21)30-24(27-23)25(28-29-30)34(31,32)20-8-4-3-5-9-20/h3-15H,2,16-17H2,1H3,(H,26,27). The number of benzene rings is 3. The predicted molar refractivity (Wildman–Crippen MR) is 130 cm³/mol. The van der Waals surface area contributed by atoms with Crippen LogP contribution < -0.4 is 10.1 Å². The topological polar surface area (TPSA) is 98.5 Å². The quantitative estimate of drug-likeness (QED) is 0.354. The average molecular weight is 474 g/mol. The lowest BCUT2D eigenvalue weighted by molar-refractivity contribution is 0.317. The minimum atomic E-state index is -3.89. The monoisotopic (exact) mass is 473 g/mol. The molecule has 34 heavy (non-hydrogen) atoms. The fraction of sp³-hybridized carbons (Fsp3) is 0.160. The van der Waals surface area contributed by atoms with Gasteiger partial charge in [0.2, 0.25) is 14.9 Å². The van der Waals surface area contributed by atoms with E-state index in [-0.39, 0.29) is 15.6 Å². The summed E-state index contributed by atoms with van der Waals surface area (Å²) in [7, 11) is -3.89. The minimum absolute atomic E-state index is 0.146. The zero-order chi connectivity index (χ0) is 23.5. The van der Waals surface area contributed by atoms with Gasteiger partial charge in [-0.05, 0) is 48.4 Å². The summed E-state index contributed by atoms with van der Waals surface area (Å²) in [6.07, 6.45) is 0.954. The summed E-state index contributed by atoms with van der Waals surface area (Å²) in [5, 5.41) is 12.1. The van der Waals surface area contributed by atoms with Crippen LogP contribution in [0.4, 0.5) is 5.82 Å². The second-order valence-corrected chi connectivity index (χ2v) is 9.63. The average Bonchev–Trinajstić information content (AvgIpc) is 3.32. The first-order valence-electron chi connectivity index (χ1n) is 11.0. The van der Waals surface area contributed by atoms with Crippen LogP contribution in [0.25, 0.3) is 16.6 Å². The maximum absolute atomic E-state index is 13.3. The number of nitrogens with zero attached hydrogens (tertiary/aromatic N) is 4. The second kappa shape index (κ2) is 9.11. The van der Waals surface area contributed by atoms with Crippen molar-refractivity contribution in [1.82, 2.24) is 19.8 Å². The summed E-state index contributed by atoms with van der Waals surface area (Å²) in [5.41, 5.74) is 1.92. The molecule has 0 radical (unpaired) electrons. The third kappa shape index (κ3) is 4.06. The van der Waals surface area contributed by atoms with Crippen LogP contribution >= 0.6 is 0 Å². The Balaban J connectivity index is 1.53. The van der Waals surface area contributed by atoms with E-state index in [1.54, 1.807) is 18.2 Å². The van der Waals surface area contributed by atoms with E-state index >= 15 is 0 Å². The lowest BCUT2D eigenvalue weighted by Crippen LogP contribution is -2.07. The summed E-state index contributed by atoms with van der Waals surface area (Å²) >= 11 is 0. The largest absolute Gasteiger partial charge is 0.494 e. The van der Waals surface area contributed by atoms with Gasteiger partial charge in [-0.2, -0.15) is 4.52 Å². The van der Waals surface area contributed by atoms with Crippen LogP contribution in [0.2, 0.25) is 0 Å². The molecule has 0 atom stereocenters. The van der Waals surface area contributed by atoms with Crippen LogP contribution in [-0.2, 0) is 16.4 Å². The van der Waals surface area contributed by atoms with Gasteiger partial charge in [0.1, 0.15) is 11.6 Å². The maximum Gasteiger partial charge on any atom is 0.229 e. The molecule has 172 valence electrons. The summed E-state index contributed by atoms with van der Waals surface area (Å²) in [5.74, 6) is 1.39. The van der Waals surface area contributed by atoms with Gasteiger partial charge in [-0.3, -0.25) is 0 Å². The van der Waals surface area contributed by atoms with Gasteiger partial charge in [0.25, 0.3) is 0 Å². The molecule has 0 bridgehead atoms. The molecule has 0 amide bonds. The molecule has 5 aromatic rings. The Morgan fingerprint density at radius 2 is 1.68 bits per heavy atom. The highest BCUT2D eigenvalue weighted by molar-refractivity contribution is 7.91. The lowest BCUT2D eigenvalue weighted by atomic mass is 10.2. The highest BCUT2D eigenvalue weighted by Gasteiger charge is 2.26. The van der Waals surface area contributed by atoms with Gasteiger partial charge >= 0.3 is 0 Å². The molecule has 3 aromatic carbocycles. The van der Waals surface area contributed by atoms with Crippen LogP contribution in [0.1, 0.15) is 18.9 Å². The van der Waals surface area contributed by atoms with Crippen LogP contribution in [0.5, 0.6) is 5.75 Å². The van der Waals surface area contributed by atoms with Crippen LogP contribution in [0.15, 0.2) is 88.8 Å². The van der Waals surface area contributed by atoms with E-state index in [9.17, 15) is 8.42 Å². The summed E-state index contributed by atoms with van der Waals surface area (Å²) < 4.78 is 33.6. The Morgan fingerprint density at radius 3 is 2.44 bits per heavy atom. The van der Waals surface area contributed by atoms with Gasteiger partial charge in [-0.1, -0.05) is 54.6 Å². The molecule has 0 aliphatic heterocycles. The Kier molecular flexibility index (Phi) is 5.85. The van der Waals surface area contributed by atoms with Crippen molar-refractivity contribution in [3.63, 3.8) is 0 Å². The summed E-state index contributed by atoms with van der Waals surface area (Å²) in [6, 6.07) is 23.6. The second-order valence-electron chi connectivity index (χ2n) is 7.77. The molecule has 8 nitrogen and oxygen atoms in total. The highest BCUT2D eigenvalue weighted by atomic mass is 32.2. The number of fused-ring (bicyclic) bond motifs is 3. The van der Waals surface area contributed by atoms with Crippen molar-refractivity contribution < 1.29 is 13.2 Å². The van der Waals surface area contributed by atoms with Crippen LogP contribution in [0.3, 0.4) is 0 Å². The van der Waals surface area contributed by atoms with E-state index in [0.29, 0.717) is 24.5 Å². The number of para-hydroxylation sites is 1. The first-order chi connectivity index (χ1) is 16.6. The zero-order valence-corrected chi connectivity index (χ0v) is 19.4. The number of anilines is 1. The van der Waals surface area contributed by atoms with E-state index in [2.05, 4.69) is 27.5 Å². The number of hydrogen-bond acceptors (Lipinski definition) is 7. The molecular formula is C25H23N5O3S. The Bertz CT molecular complexity index is 1550. The van der Waals surface area contributed by atoms with Crippen LogP contribution in [-0.4, -0.2) is 34.8 Å². The van der Waals surface area contributed by atoms with Gasteiger partial charge in [0.05, 0.1) is 17.0 Å². The molecule has 0 saturated heterocycles. The number of aromatic nitrogens is 4. The highest BCUT2D eigenvalue weighted by Crippen LogP contribution is 2.28. The predicted octanol–water partition coefficient (Wildman–Crippen LogP) is 4.51. The molecule has 2 heterocycles. The molecule has 0 saturated carbocycles. The van der Waals surface area contributed by atoms with Gasteiger partial charge in [0, 0.05) is 11.9 Å². The van der Waals surface area contributed by atoms with Crippen molar-refractivity contribution >= 4 is 32.2 Å². The van der Waals surface area contributed by atoms with E-state index in [4.69, 9.17) is 4.74 Å². The molecule has 0 aliphatic carbocycles. The molecule has 5 rings (SSSR count). The fourth-order valence-electron chi connectivity index (χ4n) is 3.67. The Morgan fingerprint density at radius 1 is 0.941 bits per heavy atom. The molecule has 1 N–H and O–H groups in total. The first-order valence-corrected chi connectivity index (χ1v) is 12.5. The fourth-order valence-corrected chi connectivity index (χ4v) is 4.93. The molecule has 0 aliphatic rings.